The van der Waals surface area contributed by atoms with E-state index in [0.717, 1.165) is 56.3 Å². The van der Waals surface area contributed by atoms with Gasteiger partial charge in [-0.15, -0.1) is 0 Å². The summed E-state index contributed by atoms with van der Waals surface area (Å²) < 4.78 is 0. The number of rotatable bonds is 5. The van der Waals surface area contributed by atoms with Crippen molar-refractivity contribution in [3.8, 4) is 0 Å². The summed E-state index contributed by atoms with van der Waals surface area (Å²) in [6.07, 6.45) is 4.32. The van der Waals surface area contributed by atoms with Crippen molar-refractivity contribution < 1.29 is 0 Å². The lowest BCUT2D eigenvalue weighted by atomic mass is 9.89. The van der Waals surface area contributed by atoms with E-state index in [2.05, 4.69) is 77.9 Å². The molecule has 0 bridgehead atoms. The van der Waals surface area contributed by atoms with E-state index in [9.17, 15) is 0 Å². The van der Waals surface area contributed by atoms with E-state index in [-0.39, 0.29) is 0 Å². The van der Waals surface area contributed by atoms with Crippen LogP contribution in [-0.4, -0.2) is 58.3 Å². The van der Waals surface area contributed by atoms with Gasteiger partial charge in [0.25, 0.3) is 0 Å². The summed E-state index contributed by atoms with van der Waals surface area (Å²) in [7, 11) is 4.10. The first kappa shape index (κ1) is 20.7. The molecule has 0 radical (unpaired) electrons. The highest BCUT2D eigenvalue weighted by atomic mass is 15.2. The summed E-state index contributed by atoms with van der Waals surface area (Å²) in [6.45, 7) is 12.7. The van der Waals surface area contributed by atoms with Crippen molar-refractivity contribution >= 4 is 23.3 Å². The Bertz CT molecular complexity index is 860. The number of aryl methyl sites for hydroxylation is 1. The highest BCUT2D eigenvalue weighted by Crippen LogP contribution is 2.35. The first-order valence-electron chi connectivity index (χ1n) is 11.2. The zero-order valence-corrected chi connectivity index (χ0v) is 18.7. The number of piperidine rings is 1. The third-order valence-electron chi connectivity index (χ3n) is 6.45. The van der Waals surface area contributed by atoms with Gasteiger partial charge in [0.05, 0.1) is 0 Å². The van der Waals surface area contributed by atoms with Gasteiger partial charge in [0.1, 0.15) is 5.82 Å². The van der Waals surface area contributed by atoms with Crippen molar-refractivity contribution in [1.82, 2.24) is 10.3 Å². The molecule has 1 N–H and O–H groups in total. The number of piperazine rings is 1. The van der Waals surface area contributed by atoms with Crippen molar-refractivity contribution in [2.45, 2.75) is 25.7 Å². The van der Waals surface area contributed by atoms with Gasteiger partial charge in [0.15, 0.2) is 0 Å². The Labute approximate surface area is 181 Å². The molecule has 0 unspecified atom stereocenters. The molecule has 0 atom stereocenters. The van der Waals surface area contributed by atoms with Crippen molar-refractivity contribution in [3.63, 3.8) is 0 Å². The van der Waals surface area contributed by atoms with Crippen LogP contribution < -0.4 is 20.0 Å². The second kappa shape index (κ2) is 9.09. The molecule has 160 valence electrons. The minimum atomic E-state index is 0.641. The summed E-state index contributed by atoms with van der Waals surface area (Å²) >= 11 is 0. The van der Waals surface area contributed by atoms with Crippen molar-refractivity contribution in [2.75, 3.05) is 68.1 Å². The number of aromatic nitrogens is 1. The zero-order chi connectivity index (χ0) is 21.1. The highest BCUT2D eigenvalue weighted by molar-refractivity contribution is 5.76. The predicted molar refractivity (Wildman–Crippen MR) is 129 cm³/mol. The topological polar surface area (TPSA) is 34.6 Å². The van der Waals surface area contributed by atoms with E-state index in [1.807, 2.05) is 6.08 Å². The molecule has 1 aromatic heterocycles. The zero-order valence-electron chi connectivity index (χ0n) is 18.7. The van der Waals surface area contributed by atoms with Gasteiger partial charge >= 0.3 is 0 Å². The van der Waals surface area contributed by atoms with Gasteiger partial charge in [-0.25, -0.2) is 4.98 Å². The number of benzene rings is 1. The Morgan fingerprint density at radius 3 is 2.30 bits per heavy atom. The first-order chi connectivity index (χ1) is 14.6. The van der Waals surface area contributed by atoms with Crippen LogP contribution in [0, 0.1) is 6.92 Å². The van der Waals surface area contributed by atoms with Gasteiger partial charge in [0.2, 0.25) is 0 Å². The van der Waals surface area contributed by atoms with Crippen molar-refractivity contribution in [2.24, 2.45) is 0 Å². The minimum Gasteiger partial charge on any atom is -0.371 e. The summed E-state index contributed by atoms with van der Waals surface area (Å²) in [5, 5.41) is 3.43. The smallest absolute Gasteiger partial charge is 0.137 e. The molecule has 2 aliphatic heterocycles. The maximum atomic E-state index is 4.73. The average Bonchev–Trinajstić information content (AvgIpc) is 2.79. The number of pyridine rings is 1. The number of hydrogen-bond donors (Lipinski definition) is 1. The maximum absolute atomic E-state index is 4.73. The molecular weight excluding hydrogens is 370 g/mol. The molecule has 1 aromatic carbocycles. The van der Waals surface area contributed by atoms with E-state index in [4.69, 9.17) is 4.98 Å². The third kappa shape index (κ3) is 4.31. The molecule has 2 aliphatic rings. The maximum Gasteiger partial charge on any atom is 0.137 e. The summed E-state index contributed by atoms with van der Waals surface area (Å²) in [6, 6.07) is 11.6. The van der Waals surface area contributed by atoms with Gasteiger partial charge in [-0.2, -0.15) is 0 Å². The highest BCUT2D eigenvalue weighted by Gasteiger charge is 2.24. The normalized spacial score (nSPS) is 17.8. The molecule has 2 saturated heterocycles. The fraction of sp³-hybridized carbons (Fsp3) is 0.480. The minimum absolute atomic E-state index is 0.641. The van der Waals surface area contributed by atoms with Gasteiger partial charge in [-0.3, -0.25) is 0 Å². The van der Waals surface area contributed by atoms with Crippen LogP contribution in [0.4, 0.5) is 17.2 Å². The first-order valence-corrected chi connectivity index (χ1v) is 11.2. The predicted octanol–water partition coefficient (Wildman–Crippen LogP) is 3.89. The Balaban J connectivity index is 1.45. The summed E-state index contributed by atoms with van der Waals surface area (Å²) in [5.74, 6) is 1.65. The van der Waals surface area contributed by atoms with Crippen LogP contribution in [0.3, 0.4) is 0 Å². The lowest BCUT2D eigenvalue weighted by molar-refractivity contribution is 0.505. The van der Waals surface area contributed by atoms with E-state index >= 15 is 0 Å². The second-order valence-corrected chi connectivity index (χ2v) is 8.71. The molecule has 0 spiro atoms. The third-order valence-corrected chi connectivity index (χ3v) is 6.45. The van der Waals surface area contributed by atoms with Crippen LogP contribution in [0.25, 0.3) is 6.08 Å². The summed E-state index contributed by atoms with van der Waals surface area (Å²) in [4.78, 5) is 11.8. The van der Waals surface area contributed by atoms with Crippen LogP contribution in [0.1, 0.15) is 35.6 Å². The molecular formula is C25H35N5. The van der Waals surface area contributed by atoms with E-state index in [1.165, 1.54) is 29.8 Å². The van der Waals surface area contributed by atoms with Gasteiger partial charge < -0.3 is 20.0 Å². The molecule has 0 aliphatic carbocycles. The molecule has 5 heteroatoms. The Morgan fingerprint density at radius 1 is 1.03 bits per heavy atom. The lowest BCUT2D eigenvalue weighted by Crippen LogP contribution is -2.43. The van der Waals surface area contributed by atoms with Crippen LogP contribution in [0.2, 0.25) is 0 Å². The van der Waals surface area contributed by atoms with Crippen LogP contribution >= 0.6 is 0 Å². The standard InChI is InChI=1S/C25H35N5/c1-5-23-24(18-19(2)27-25(23)28(3)4)30-14-10-21(11-15-30)20-6-8-22(9-7-20)29-16-12-26-13-17-29/h5-9,18,21,26H,1,10-17H2,2-4H3. The fourth-order valence-corrected chi connectivity index (χ4v) is 4.78. The fourth-order valence-electron chi connectivity index (χ4n) is 4.78. The Kier molecular flexibility index (Phi) is 6.28. The SMILES string of the molecule is C=Cc1c(N2CCC(c3ccc(N4CCNCC4)cc3)CC2)cc(C)nc1N(C)C. The molecule has 2 fully saturated rings. The number of hydrogen-bond acceptors (Lipinski definition) is 5. The lowest BCUT2D eigenvalue weighted by Gasteiger charge is -2.36. The summed E-state index contributed by atoms with van der Waals surface area (Å²) in [5.41, 5.74) is 6.32. The van der Waals surface area contributed by atoms with Crippen LogP contribution in [-0.2, 0) is 0 Å². The Hall–Kier alpha value is -2.53. The van der Waals surface area contributed by atoms with E-state index < -0.39 is 0 Å². The second-order valence-electron chi connectivity index (χ2n) is 8.71. The Morgan fingerprint density at radius 2 is 1.70 bits per heavy atom. The average molecular weight is 406 g/mol. The molecule has 5 nitrogen and oxygen atoms in total. The van der Waals surface area contributed by atoms with E-state index in [1.54, 1.807) is 0 Å². The molecule has 3 heterocycles. The van der Waals surface area contributed by atoms with Crippen LogP contribution in [0.5, 0.6) is 0 Å². The number of nitrogens with one attached hydrogen (secondary N) is 1. The molecule has 4 rings (SSSR count). The number of anilines is 3. The largest absolute Gasteiger partial charge is 0.371 e. The van der Waals surface area contributed by atoms with Crippen molar-refractivity contribution in [3.05, 3.63) is 53.7 Å². The molecule has 0 amide bonds. The van der Waals surface area contributed by atoms with Gasteiger partial charge in [0, 0.05) is 76.0 Å². The van der Waals surface area contributed by atoms with Gasteiger partial charge in [-0.05, 0) is 49.4 Å². The monoisotopic (exact) mass is 405 g/mol. The molecule has 2 aromatic rings. The van der Waals surface area contributed by atoms with Crippen LogP contribution in [0.15, 0.2) is 36.9 Å². The van der Waals surface area contributed by atoms with Crippen molar-refractivity contribution in [1.29, 1.82) is 0 Å². The molecule has 0 saturated carbocycles. The molecule has 30 heavy (non-hydrogen) atoms. The quantitative estimate of drug-likeness (QED) is 0.816. The van der Waals surface area contributed by atoms with E-state index in [0.29, 0.717) is 5.92 Å². The number of nitrogens with zero attached hydrogens (tertiary/aromatic N) is 4. The van der Waals surface area contributed by atoms with Gasteiger partial charge in [-0.1, -0.05) is 24.8 Å².